The van der Waals surface area contributed by atoms with Crippen LogP contribution in [-0.4, -0.2) is 20.5 Å². The maximum absolute atomic E-state index is 6.23. The van der Waals surface area contributed by atoms with Crippen LogP contribution in [0.1, 0.15) is 29.9 Å². The zero-order chi connectivity index (χ0) is 19.4. The molecule has 3 rings (SSSR count). The predicted octanol–water partition coefficient (Wildman–Crippen LogP) is 4.05. The molecule has 0 saturated heterocycles. The van der Waals surface area contributed by atoms with Crippen LogP contribution in [0.2, 0.25) is 10.0 Å². The van der Waals surface area contributed by atoms with E-state index in [1.807, 2.05) is 42.8 Å². The molecule has 2 heterocycles. The van der Waals surface area contributed by atoms with Gasteiger partial charge in [-0.25, -0.2) is 15.0 Å². The minimum Gasteiger partial charge on any atom is -0.370 e. The first kappa shape index (κ1) is 19.2. The number of imidazole rings is 1. The lowest BCUT2D eigenvalue weighted by Crippen LogP contribution is -2.34. The third-order valence-corrected chi connectivity index (χ3v) is 4.67. The summed E-state index contributed by atoms with van der Waals surface area (Å²) in [6.45, 7) is 4.32. The van der Waals surface area contributed by atoms with Crippen LogP contribution >= 0.6 is 23.2 Å². The number of nitrogens with two attached hydrogens (primary N) is 1. The van der Waals surface area contributed by atoms with Crippen molar-refractivity contribution in [2.24, 2.45) is 10.7 Å². The molecule has 0 amide bonds. The fourth-order valence-electron chi connectivity index (χ4n) is 2.65. The summed E-state index contributed by atoms with van der Waals surface area (Å²) in [4.78, 5) is 13.0. The Morgan fingerprint density at radius 2 is 2.07 bits per heavy atom. The van der Waals surface area contributed by atoms with Crippen molar-refractivity contribution in [3.05, 3.63) is 75.9 Å². The molecule has 1 aromatic carbocycles. The number of aliphatic imine (C=N–C) groups is 1. The maximum atomic E-state index is 6.23. The van der Waals surface area contributed by atoms with E-state index in [1.165, 1.54) is 0 Å². The monoisotopic (exact) mass is 402 g/mol. The summed E-state index contributed by atoms with van der Waals surface area (Å²) in [5, 5.41) is 4.32. The van der Waals surface area contributed by atoms with E-state index < -0.39 is 0 Å². The Hall–Kier alpha value is -2.57. The summed E-state index contributed by atoms with van der Waals surface area (Å²) < 4.78 is 1.92. The van der Waals surface area contributed by atoms with Crippen LogP contribution in [0, 0.1) is 6.92 Å². The maximum Gasteiger partial charge on any atom is 0.189 e. The van der Waals surface area contributed by atoms with Crippen LogP contribution in [0.25, 0.3) is 5.82 Å². The van der Waals surface area contributed by atoms with E-state index >= 15 is 0 Å². The number of nitrogens with zero attached hydrogens (tertiary/aromatic N) is 4. The third-order valence-electron chi connectivity index (χ3n) is 4.11. The van der Waals surface area contributed by atoms with Crippen molar-refractivity contribution in [2.45, 2.75) is 26.4 Å². The molecule has 1 unspecified atom stereocenters. The number of benzene rings is 1. The molecule has 3 aromatic rings. The van der Waals surface area contributed by atoms with E-state index in [9.17, 15) is 0 Å². The van der Waals surface area contributed by atoms with Crippen molar-refractivity contribution in [3.8, 4) is 5.82 Å². The van der Waals surface area contributed by atoms with Gasteiger partial charge in [0.15, 0.2) is 5.96 Å². The van der Waals surface area contributed by atoms with Crippen molar-refractivity contribution in [1.82, 2.24) is 19.9 Å². The number of halogens is 2. The van der Waals surface area contributed by atoms with E-state index in [-0.39, 0.29) is 6.04 Å². The molecule has 0 saturated carbocycles. The van der Waals surface area contributed by atoms with Crippen LogP contribution in [-0.2, 0) is 6.54 Å². The number of hydrogen-bond acceptors (Lipinski definition) is 3. The number of nitrogens with one attached hydrogen (secondary N) is 1. The van der Waals surface area contributed by atoms with E-state index in [2.05, 4.69) is 20.3 Å². The number of rotatable bonds is 5. The van der Waals surface area contributed by atoms with Crippen LogP contribution in [0.3, 0.4) is 0 Å². The average Bonchev–Trinajstić information content (AvgIpc) is 3.06. The van der Waals surface area contributed by atoms with Gasteiger partial charge in [-0.1, -0.05) is 35.3 Å². The minimum absolute atomic E-state index is 0.0942. The van der Waals surface area contributed by atoms with E-state index in [4.69, 9.17) is 28.9 Å². The van der Waals surface area contributed by atoms with Gasteiger partial charge in [0.25, 0.3) is 0 Å². The molecule has 0 spiro atoms. The molecule has 0 aliphatic heterocycles. The molecule has 0 bridgehead atoms. The van der Waals surface area contributed by atoms with Crippen LogP contribution < -0.4 is 11.1 Å². The van der Waals surface area contributed by atoms with Crippen LogP contribution in [0.5, 0.6) is 0 Å². The lowest BCUT2D eigenvalue weighted by atomic mass is 10.1. The lowest BCUT2D eigenvalue weighted by molar-refractivity contribution is 0.708. The molecule has 6 nitrogen and oxygen atoms in total. The number of aromatic nitrogens is 3. The zero-order valence-electron chi connectivity index (χ0n) is 15.0. The highest BCUT2D eigenvalue weighted by Crippen LogP contribution is 2.25. The van der Waals surface area contributed by atoms with Gasteiger partial charge in [0.2, 0.25) is 0 Å². The number of guanidine groups is 1. The normalized spacial score (nSPS) is 12.8. The minimum atomic E-state index is -0.0942. The number of aryl methyl sites for hydroxylation is 1. The largest absolute Gasteiger partial charge is 0.370 e. The Kier molecular flexibility index (Phi) is 5.98. The van der Waals surface area contributed by atoms with Crippen molar-refractivity contribution >= 4 is 29.2 Å². The van der Waals surface area contributed by atoms with Gasteiger partial charge in [0.1, 0.15) is 11.6 Å². The third kappa shape index (κ3) is 4.78. The van der Waals surface area contributed by atoms with Gasteiger partial charge in [0.05, 0.1) is 12.6 Å². The SMILES string of the molecule is Cc1nccn1-c1ccc(CN=C(N)NC(C)c2ccc(Cl)cc2Cl)cn1. The lowest BCUT2D eigenvalue weighted by Gasteiger charge is -2.16. The van der Waals surface area contributed by atoms with Gasteiger partial charge in [-0.2, -0.15) is 0 Å². The Balaban J connectivity index is 1.62. The molecule has 140 valence electrons. The van der Waals surface area contributed by atoms with Gasteiger partial charge in [-0.3, -0.25) is 4.57 Å². The van der Waals surface area contributed by atoms with Crippen molar-refractivity contribution in [3.63, 3.8) is 0 Å². The standard InChI is InChI=1S/C19H20Cl2N6/c1-12(16-5-4-15(20)9-17(16)21)26-19(22)25-11-14-3-6-18(24-10-14)27-8-7-23-13(27)2/h3-10,12H,11H2,1-2H3,(H3,22,25,26). The highest BCUT2D eigenvalue weighted by atomic mass is 35.5. The van der Waals surface area contributed by atoms with Crippen LogP contribution in [0.15, 0.2) is 53.9 Å². The molecule has 0 fully saturated rings. The zero-order valence-corrected chi connectivity index (χ0v) is 16.5. The molecule has 2 aromatic heterocycles. The second-order valence-corrected chi connectivity index (χ2v) is 6.95. The Morgan fingerprint density at radius 1 is 1.26 bits per heavy atom. The van der Waals surface area contributed by atoms with Gasteiger partial charge in [-0.05, 0) is 43.2 Å². The second kappa shape index (κ2) is 8.41. The summed E-state index contributed by atoms with van der Waals surface area (Å²) in [5.41, 5.74) is 7.86. The van der Waals surface area contributed by atoms with E-state index in [1.54, 1.807) is 24.5 Å². The number of hydrogen-bond donors (Lipinski definition) is 2. The van der Waals surface area contributed by atoms with Crippen LogP contribution in [0.4, 0.5) is 0 Å². The topological polar surface area (TPSA) is 81.1 Å². The van der Waals surface area contributed by atoms with Crippen molar-refractivity contribution < 1.29 is 0 Å². The van der Waals surface area contributed by atoms with Gasteiger partial charge in [-0.15, -0.1) is 0 Å². The molecule has 27 heavy (non-hydrogen) atoms. The summed E-state index contributed by atoms with van der Waals surface area (Å²) >= 11 is 12.2. The molecule has 8 heteroatoms. The molecule has 0 aliphatic rings. The Bertz CT molecular complexity index is 949. The van der Waals surface area contributed by atoms with Gasteiger partial charge >= 0.3 is 0 Å². The molecule has 1 atom stereocenters. The summed E-state index contributed by atoms with van der Waals surface area (Å²) in [7, 11) is 0. The second-order valence-electron chi connectivity index (χ2n) is 6.10. The van der Waals surface area contributed by atoms with Crippen molar-refractivity contribution in [1.29, 1.82) is 0 Å². The molecule has 0 aliphatic carbocycles. The molecule has 0 radical (unpaired) electrons. The highest BCUT2D eigenvalue weighted by molar-refractivity contribution is 6.35. The smallest absolute Gasteiger partial charge is 0.189 e. The first-order valence-corrected chi connectivity index (χ1v) is 9.16. The molecule has 3 N–H and O–H groups in total. The highest BCUT2D eigenvalue weighted by Gasteiger charge is 2.10. The molecular weight excluding hydrogens is 383 g/mol. The van der Waals surface area contributed by atoms with E-state index in [0.29, 0.717) is 22.5 Å². The molecular formula is C19H20Cl2N6. The quantitative estimate of drug-likeness (QED) is 0.498. The Labute approximate surface area is 168 Å². The first-order valence-electron chi connectivity index (χ1n) is 8.40. The fourth-order valence-corrected chi connectivity index (χ4v) is 3.22. The van der Waals surface area contributed by atoms with Gasteiger partial charge in [0, 0.05) is 28.6 Å². The van der Waals surface area contributed by atoms with Gasteiger partial charge < -0.3 is 11.1 Å². The van der Waals surface area contributed by atoms with E-state index in [0.717, 1.165) is 22.8 Å². The average molecular weight is 403 g/mol. The Morgan fingerprint density at radius 3 is 2.70 bits per heavy atom. The fraction of sp³-hybridized carbons (Fsp3) is 0.211. The summed E-state index contributed by atoms with van der Waals surface area (Å²) in [6.07, 6.45) is 5.40. The predicted molar refractivity (Wildman–Crippen MR) is 109 cm³/mol. The summed E-state index contributed by atoms with van der Waals surface area (Å²) in [6, 6.07) is 9.18. The first-order chi connectivity index (χ1) is 12.9. The summed E-state index contributed by atoms with van der Waals surface area (Å²) in [5.74, 6) is 2.04. The van der Waals surface area contributed by atoms with Crippen molar-refractivity contribution in [2.75, 3.05) is 0 Å². The number of pyridine rings is 1.